The lowest BCUT2D eigenvalue weighted by Gasteiger charge is -2.18. The van der Waals surface area contributed by atoms with E-state index in [-0.39, 0.29) is 5.91 Å². The zero-order chi connectivity index (χ0) is 20.5. The van der Waals surface area contributed by atoms with Gasteiger partial charge in [-0.2, -0.15) is 0 Å². The molecule has 0 fully saturated rings. The van der Waals surface area contributed by atoms with Crippen LogP contribution in [0.3, 0.4) is 0 Å². The molecule has 0 aromatic heterocycles. The van der Waals surface area contributed by atoms with E-state index in [9.17, 15) is 9.59 Å². The number of ether oxygens (including phenoxy) is 2. The monoisotopic (exact) mass is 385 g/mol. The van der Waals surface area contributed by atoms with Gasteiger partial charge in [0.15, 0.2) is 6.61 Å². The Labute approximate surface area is 165 Å². The Morgan fingerprint density at radius 2 is 1.71 bits per heavy atom. The quantitative estimate of drug-likeness (QED) is 0.626. The predicted octanol–water partition coefficient (Wildman–Crippen LogP) is 3.98. The van der Waals surface area contributed by atoms with Crippen molar-refractivity contribution in [2.24, 2.45) is 0 Å². The van der Waals surface area contributed by atoms with Crippen LogP contribution in [0.2, 0.25) is 0 Å². The van der Waals surface area contributed by atoms with Crippen LogP contribution in [-0.2, 0) is 9.59 Å². The van der Waals surface area contributed by atoms with Crippen molar-refractivity contribution in [3.8, 4) is 11.5 Å². The Hall–Kier alpha value is -3.02. The molecule has 0 heterocycles. The van der Waals surface area contributed by atoms with Gasteiger partial charge in [0.25, 0.3) is 0 Å². The van der Waals surface area contributed by atoms with Crippen molar-refractivity contribution in [2.75, 3.05) is 25.2 Å². The number of carboxylic acids is 1. The highest BCUT2D eigenvalue weighted by molar-refractivity contribution is 5.92. The third kappa shape index (κ3) is 6.61. The molecule has 0 atom stereocenters. The van der Waals surface area contributed by atoms with Crippen LogP contribution in [0.25, 0.3) is 0 Å². The third-order valence-electron chi connectivity index (χ3n) is 4.35. The topological polar surface area (TPSA) is 76.1 Å². The van der Waals surface area contributed by atoms with Gasteiger partial charge in [0.2, 0.25) is 5.91 Å². The van der Waals surface area contributed by atoms with Crippen molar-refractivity contribution in [3.63, 3.8) is 0 Å². The van der Waals surface area contributed by atoms with E-state index in [1.165, 1.54) is 0 Å². The van der Waals surface area contributed by atoms with Crippen molar-refractivity contribution in [1.29, 1.82) is 0 Å². The largest absolute Gasteiger partial charge is 0.493 e. The number of benzene rings is 2. The maximum absolute atomic E-state index is 12.4. The molecule has 28 heavy (non-hydrogen) atoms. The SMILES string of the molecule is Cc1ccc(C)c(OCCCCC(=O)N(C)c2ccc(OCC(=O)O)cc2)c1. The minimum atomic E-state index is -1.03. The van der Waals surface area contributed by atoms with Gasteiger partial charge in [-0.05, 0) is 68.1 Å². The van der Waals surface area contributed by atoms with Crippen LogP contribution in [0, 0.1) is 13.8 Å². The standard InChI is InChI=1S/C22H27NO5/c1-16-7-8-17(2)20(14-16)27-13-5-4-6-21(24)23(3)18-9-11-19(12-10-18)28-15-22(25)26/h7-12,14H,4-6,13,15H2,1-3H3,(H,25,26). The van der Waals surface area contributed by atoms with Crippen LogP contribution >= 0.6 is 0 Å². The summed E-state index contributed by atoms with van der Waals surface area (Å²) in [4.78, 5) is 24.5. The second-order valence-corrected chi connectivity index (χ2v) is 6.70. The highest BCUT2D eigenvalue weighted by Crippen LogP contribution is 2.21. The van der Waals surface area contributed by atoms with Crippen LogP contribution in [0.1, 0.15) is 30.4 Å². The van der Waals surface area contributed by atoms with E-state index in [1.807, 2.05) is 26.0 Å². The van der Waals surface area contributed by atoms with Crippen LogP contribution in [0.5, 0.6) is 11.5 Å². The van der Waals surface area contributed by atoms with Crippen molar-refractivity contribution in [1.82, 2.24) is 0 Å². The Kier molecular flexibility index (Phi) is 7.87. The highest BCUT2D eigenvalue weighted by atomic mass is 16.5. The smallest absolute Gasteiger partial charge is 0.341 e. The lowest BCUT2D eigenvalue weighted by atomic mass is 10.1. The van der Waals surface area contributed by atoms with Gasteiger partial charge in [0.1, 0.15) is 11.5 Å². The molecule has 0 aliphatic carbocycles. The van der Waals surface area contributed by atoms with Gasteiger partial charge in [-0.15, -0.1) is 0 Å². The molecule has 0 saturated carbocycles. The predicted molar refractivity (Wildman–Crippen MR) is 108 cm³/mol. The first kappa shape index (κ1) is 21.3. The minimum Gasteiger partial charge on any atom is -0.493 e. The number of nitrogens with zero attached hydrogens (tertiary/aromatic N) is 1. The second kappa shape index (κ2) is 10.3. The number of rotatable bonds is 10. The summed E-state index contributed by atoms with van der Waals surface area (Å²) in [6, 6.07) is 12.9. The normalized spacial score (nSPS) is 10.4. The average Bonchev–Trinajstić information content (AvgIpc) is 2.68. The molecule has 0 aliphatic rings. The molecule has 0 aliphatic heterocycles. The molecule has 0 unspecified atom stereocenters. The minimum absolute atomic E-state index is 0.0194. The van der Waals surface area contributed by atoms with Crippen LogP contribution < -0.4 is 14.4 Å². The fourth-order valence-corrected chi connectivity index (χ4v) is 2.65. The summed E-state index contributed by atoms with van der Waals surface area (Å²) < 4.78 is 10.9. The first-order valence-corrected chi connectivity index (χ1v) is 9.28. The summed E-state index contributed by atoms with van der Waals surface area (Å²) in [5.74, 6) is 0.341. The van der Waals surface area contributed by atoms with Crippen molar-refractivity contribution in [2.45, 2.75) is 33.1 Å². The molecule has 2 aromatic rings. The number of amides is 1. The maximum Gasteiger partial charge on any atom is 0.341 e. The number of carboxylic acid groups (broad SMARTS) is 1. The molecule has 2 aromatic carbocycles. The Morgan fingerprint density at radius 1 is 1.00 bits per heavy atom. The number of carbonyl (C=O) groups is 2. The molecule has 1 amide bonds. The highest BCUT2D eigenvalue weighted by Gasteiger charge is 2.11. The Morgan fingerprint density at radius 3 is 2.39 bits per heavy atom. The van der Waals surface area contributed by atoms with Gasteiger partial charge in [0, 0.05) is 19.2 Å². The summed E-state index contributed by atoms with van der Waals surface area (Å²) in [5.41, 5.74) is 3.01. The van der Waals surface area contributed by atoms with Gasteiger partial charge in [0.05, 0.1) is 6.61 Å². The van der Waals surface area contributed by atoms with Crippen LogP contribution in [-0.4, -0.2) is 37.2 Å². The number of hydrogen-bond donors (Lipinski definition) is 1. The third-order valence-corrected chi connectivity index (χ3v) is 4.35. The molecule has 2 rings (SSSR count). The lowest BCUT2D eigenvalue weighted by Crippen LogP contribution is -2.25. The van der Waals surface area contributed by atoms with Crippen LogP contribution in [0.4, 0.5) is 5.69 Å². The van der Waals surface area contributed by atoms with Gasteiger partial charge >= 0.3 is 5.97 Å². The van der Waals surface area contributed by atoms with Gasteiger partial charge in [-0.25, -0.2) is 4.79 Å². The molecule has 0 radical (unpaired) electrons. The van der Waals surface area contributed by atoms with Crippen LogP contribution in [0.15, 0.2) is 42.5 Å². The number of aliphatic carboxylic acids is 1. The Bertz CT molecular complexity index is 801. The fourth-order valence-electron chi connectivity index (χ4n) is 2.65. The van der Waals surface area contributed by atoms with E-state index in [0.717, 1.165) is 35.4 Å². The van der Waals surface area contributed by atoms with E-state index < -0.39 is 12.6 Å². The molecule has 0 bridgehead atoms. The number of hydrogen-bond acceptors (Lipinski definition) is 4. The number of aryl methyl sites for hydroxylation is 2. The van der Waals surface area contributed by atoms with E-state index in [2.05, 4.69) is 6.07 Å². The molecule has 6 nitrogen and oxygen atoms in total. The number of anilines is 1. The summed E-state index contributed by atoms with van der Waals surface area (Å²) in [7, 11) is 1.72. The molecular weight excluding hydrogens is 358 g/mol. The summed E-state index contributed by atoms with van der Waals surface area (Å²) in [5, 5.41) is 8.61. The summed E-state index contributed by atoms with van der Waals surface area (Å²) in [6.07, 6.45) is 1.98. The maximum atomic E-state index is 12.4. The summed E-state index contributed by atoms with van der Waals surface area (Å²) >= 11 is 0. The lowest BCUT2D eigenvalue weighted by molar-refractivity contribution is -0.139. The van der Waals surface area contributed by atoms with E-state index in [4.69, 9.17) is 14.6 Å². The zero-order valence-corrected chi connectivity index (χ0v) is 16.6. The average molecular weight is 385 g/mol. The van der Waals surface area contributed by atoms with Crippen molar-refractivity contribution < 1.29 is 24.2 Å². The molecule has 150 valence electrons. The summed E-state index contributed by atoms with van der Waals surface area (Å²) in [6.45, 7) is 4.24. The number of carbonyl (C=O) groups excluding carboxylic acids is 1. The zero-order valence-electron chi connectivity index (χ0n) is 16.6. The van der Waals surface area contributed by atoms with E-state index >= 15 is 0 Å². The van der Waals surface area contributed by atoms with Crippen molar-refractivity contribution >= 4 is 17.6 Å². The first-order valence-electron chi connectivity index (χ1n) is 9.28. The Balaban J connectivity index is 1.73. The van der Waals surface area contributed by atoms with Gasteiger partial charge < -0.3 is 19.5 Å². The van der Waals surface area contributed by atoms with Gasteiger partial charge in [-0.1, -0.05) is 12.1 Å². The molecule has 1 N–H and O–H groups in total. The van der Waals surface area contributed by atoms with E-state index in [0.29, 0.717) is 18.8 Å². The number of unbranched alkanes of at least 4 members (excludes halogenated alkanes) is 1. The molecule has 0 spiro atoms. The molecule has 6 heteroatoms. The molecule has 0 saturated heterocycles. The van der Waals surface area contributed by atoms with Gasteiger partial charge in [-0.3, -0.25) is 4.79 Å². The fraction of sp³-hybridized carbons (Fsp3) is 0.364. The molecular formula is C22H27NO5. The van der Waals surface area contributed by atoms with Crippen molar-refractivity contribution in [3.05, 3.63) is 53.6 Å². The second-order valence-electron chi connectivity index (χ2n) is 6.70. The van der Waals surface area contributed by atoms with E-state index in [1.54, 1.807) is 36.2 Å². The first-order chi connectivity index (χ1) is 13.4.